The minimum atomic E-state index is -0.265. The molecular weight excluding hydrogens is 480 g/mol. The van der Waals surface area contributed by atoms with E-state index in [0.29, 0.717) is 18.2 Å². The summed E-state index contributed by atoms with van der Waals surface area (Å²) in [6.07, 6.45) is 7.19. The number of aryl methyl sites for hydroxylation is 2. The summed E-state index contributed by atoms with van der Waals surface area (Å²) in [6.45, 7) is 8.55. The molecule has 1 N–H and O–H groups in total. The van der Waals surface area contributed by atoms with Crippen LogP contribution in [0.15, 0.2) is 46.1 Å². The third kappa shape index (κ3) is 4.65. The molecule has 0 aliphatic carbocycles. The number of rotatable bonds is 4. The van der Waals surface area contributed by atoms with E-state index in [1.807, 2.05) is 6.92 Å². The molecule has 37 heavy (non-hydrogen) atoms. The van der Waals surface area contributed by atoms with Gasteiger partial charge in [-0.05, 0) is 70.3 Å². The Balaban J connectivity index is 1.38. The summed E-state index contributed by atoms with van der Waals surface area (Å²) in [5, 5.41) is 13.5. The van der Waals surface area contributed by atoms with Crippen molar-refractivity contribution in [1.82, 2.24) is 25.1 Å². The summed E-state index contributed by atoms with van der Waals surface area (Å²) >= 11 is 1.76. The van der Waals surface area contributed by atoms with Crippen molar-refractivity contribution in [1.29, 1.82) is 0 Å². The summed E-state index contributed by atoms with van der Waals surface area (Å²) in [4.78, 5) is 10.9. The van der Waals surface area contributed by atoms with Gasteiger partial charge in [-0.1, -0.05) is 24.0 Å². The fraction of sp³-hybridized carbons (Fsp3) is 0.379. The molecular formula is C29H30N6OS. The van der Waals surface area contributed by atoms with Gasteiger partial charge in [0.05, 0.1) is 18.3 Å². The Labute approximate surface area is 221 Å². The number of hydrogen-bond acceptors (Lipinski definition) is 7. The predicted octanol–water partition coefficient (Wildman–Crippen LogP) is 5.12. The van der Waals surface area contributed by atoms with E-state index in [9.17, 15) is 0 Å². The topological polar surface area (TPSA) is 81.1 Å². The van der Waals surface area contributed by atoms with Crippen molar-refractivity contribution in [2.45, 2.75) is 52.5 Å². The van der Waals surface area contributed by atoms with Gasteiger partial charge >= 0.3 is 0 Å². The monoisotopic (exact) mass is 510 g/mol. The van der Waals surface area contributed by atoms with E-state index in [0.717, 1.165) is 58.6 Å². The van der Waals surface area contributed by atoms with E-state index in [1.165, 1.54) is 23.3 Å². The highest BCUT2D eigenvalue weighted by Crippen LogP contribution is 2.39. The minimum absolute atomic E-state index is 0.265. The maximum Gasteiger partial charge on any atom is 0.196 e. The number of aliphatic imine (C=N–C) groups is 1. The summed E-state index contributed by atoms with van der Waals surface area (Å²) in [5.41, 5.74) is 5.45. The second kappa shape index (κ2) is 10.1. The number of oxazole rings is 1. The van der Waals surface area contributed by atoms with Gasteiger partial charge in [-0.3, -0.25) is 9.56 Å². The predicted molar refractivity (Wildman–Crippen MR) is 146 cm³/mol. The minimum Gasteiger partial charge on any atom is -0.449 e. The van der Waals surface area contributed by atoms with Crippen molar-refractivity contribution in [2.75, 3.05) is 13.1 Å². The quantitative estimate of drug-likeness (QED) is 0.386. The molecule has 1 atom stereocenters. The normalized spacial score (nSPS) is 17.4. The fourth-order valence-electron chi connectivity index (χ4n) is 5.14. The van der Waals surface area contributed by atoms with E-state index < -0.39 is 0 Å². The average molecular weight is 511 g/mol. The summed E-state index contributed by atoms with van der Waals surface area (Å²) in [5.74, 6) is 9.80. The second-order valence-electron chi connectivity index (χ2n) is 9.80. The molecule has 1 unspecified atom stereocenters. The third-order valence-electron chi connectivity index (χ3n) is 7.33. The Hall–Kier alpha value is -3.54. The van der Waals surface area contributed by atoms with Gasteiger partial charge in [0.1, 0.15) is 23.1 Å². The molecule has 188 valence electrons. The van der Waals surface area contributed by atoms with Crippen LogP contribution in [0.5, 0.6) is 0 Å². The van der Waals surface area contributed by atoms with Crippen LogP contribution in [0, 0.1) is 38.5 Å². The lowest BCUT2D eigenvalue weighted by atomic mass is 9.95. The van der Waals surface area contributed by atoms with Crippen LogP contribution in [0.4, 0.5) is 0 Å². The smallest absolute Gasteiger partial charge is 0.196 e. The lowest BCUT2D eigenvalue weighted by molar-refractivity contribution is 0.381. The molecule has 5 heterocycles. The first-order valence-corrected chi connectivity index (χ1v) is 13.7. The van der Waals surface area contributed by atoms with Gasteiger partial charge in [-0.25, -0.2) is 4.98 Å². The Kier molecular flexibility index (Phi) is 6.49. The van der Waals surface area contributed by atoms with Crippen molar-refractivity contribution in [2.24, 2.45) is 10.9 Å². The van der Waals surface area contributed by atoms with Crippen LogP contribution >= 0.6 is 11.3 Å². The van der Waals surface area contributed by atoms with E-state index in [2.05, 4.69) is 75.0 Å². The summed E-state index contributed by atoms with van der Waals surface area (Å²) in [7, 11) is 0. The number of nitrogens with one attached hydrogen (secondary N) is 1. The van der Waals surface area contributed by atoms with Crippen LogP contribution in [0.2, 0.25) is 0 Å². The van der Waals surface area contributed by atoms with Gasteiger partial charge in [0.15, 0.2) is 11.7 Å². The number of nitrogens with zero attached hydrogens (tertiary/aromatic N) is 5. The highest BCUT2D eigenvalue weighted by Gasteiger charge is 2.32. The zero-order valence-electron chi connectivity index (χ0n) is 21.4. The first-order chi connectivity index (χ1) is 18.1. The standard InChI is InChI=1S/C29H30N6OS/c1-18-19(2)37-29-26(18)27(23-9-7-21(8-10-23)5-4-6-22-11-13-30-14-12-22)32-24(17-25-31-15-16-36-25)28-34-33-20(3)35(28)29/h7-10,15-16,22,24,30H,6,11-14,17H2,1-3H3. The van der Waals surface area contributed by atoms with Crippen LogP contribution in [-0.4, -0.2) is 38.5 Å². The molecule has 2 aliphatic heterocycles. The summed E-state index contributed by atoms with van der Waals surface area (Å²) in [6, 6.07) is 8.25. The van der Waals surface area contributed by atoms with Gasteiger partial charge in [0, 0.05) is 28.0 Å². The van der Waals surface area contributed by atoms with Crippen molar-refractivity contribution in [3.63, 3.8) is 0 Å². The lowest BCUT2D eigenvalue weighted by Crippen LogP contribution is -2.27. The zero-order chi connectivity index (χ0) is 25.4. The molecule has 1 fully saturated rings. The van der Waals surface area contributed by atoms with Crippen molar-refractivity contribution in [3.05, 3.63) is 81.4 Å². The Morgan fingerprint density at radius 2 is 1.92 bits per heavy atom. The molecule has 3 aromatic heterocycles. The summed E-state index contributed by atoms with van der Waals surface area (Å²) < 4.78 is 7.74. The van der Waals surface area contributed by atoms with Crippen molar-refractivity contribution < 1.29 is 4.42 Å². The fourth-order valence-corrected chi connectivity index (χ4v) is 6.35. The number of fused-ring (bicyclic) bond motifs is 3. The zero-order valence-corrected chi connectivity index (χ0v) is 22.2. The van der Waals surface area contributed by atoms with E-state index in [1.54, 1.807) is 23.8 Å². The Morgan fingerprint density at radius 3 is 2.68 bits per heavy atom. The van der Waals surface area contributed by atoms with Gasteiger partial charge in [-0.15, -0.1) is 21.5 Å². The van der Waals surface area contributed by atoms with Crippen molar-refractivity contribution in [3.8, 4) is 16.8 Å². The molecule has 0 spiro atoms. The maximum absolute atomic E-state index is 5.58. The maximum atomic E-state index is 5.58. The third-order valence-corrected chi connectivity index (χ3v) is 8.52. The molecule has 1 saturated heterocycles. The molecule has 7 nitrogen and oxygen atoms in total. The first kappa shape index (κ1) is 23.8. The lowest BCUT2D eigenvalue weighted by Gasteiger charge is -2.20. The molecule has 0 radical (unpaired) electrons. The largest absolute Gasteiger partial charge is 0.449 e. The Morgan fingerprint density at radius 1 is 1.11 bits per heavy atom. The Bertz CT molecular complexity index is 1490. The van der Waals surface area contributed by atoms with Gasteiger partial charge in [-0.2, -0.15) is 0 Å². The van der Waals surface area contributed by atoms with E-state index in [4.69, 9.17) is 9.41 Å². The SMILES string of the molecule is Cc1sc2c(c1C)C(c1ccc(C#CCC3CCNCC3)cc1)=NC(Cc1ncco1)c1nnc(C)n1-2. The van der Waals surface area contributed by atoms with Gasteiger partial charge < -0.3 is 9.73 Å². The number of piperidine rings is 1. The molecule has 0 saturated carbocycles. The number of benzene rings is 1. The van der Waals surface area contributed by atoms with Crippen LogP contribution in [0.25, 0.3) is 5.00 Å². The van der Waals surface area contributed by atoms with Crippen LogP contribution in [0.3, 0.4) is 0 Å². The molecule has 2 aliphatic rings. The van der Waals surface area contributed by atoms with Crippen LogP contribution in [-0.2, 0) is 6.42 Å². The van der Waals surface area contributed by atoms with Gasteiger partial charge in [0.2, 0.25) is 0 Å². The first-order valence-electron chi connectivity index (χ1n) is 12.9. The van der Waals surface area contributed by atoms with Crippen LogP contribution < -0.4 is 5.32 Å². The molecule has 6 rings (SSSR count). The van der Waals surface area contributed by atoms with Crippen LogP contribution in [0.1, 0.15) is 70.0 Å². The molecule has 8 heteroatoms. The van der Waals surface area contributed by atoms with Crippen molar-refractivity contribution >= 4 is 17.0 Å². The molecule has 4 aromatic rings. The molecule has 0 bridgehead atoms. The number of aromatic nitrogens is 4. The molecule has 1 aromatic carbocycles. The highest BCUT2D eigenvalue weighted by atomic mass is 32.1. The van der Waals surface area contributed by atoms with E-state index in [-0.39, 0.29) is 6.04 Å². The average Bonchev–Trinajstić information content (AvgIpc) is 3.61. The van der Waals surface area contributed by atoms with Gasteiger partial charge in [0.25, 0.3) is 0 Å². The number of thiophene rings is 1. The van der Waals surface area contributed by atoms with E-state index >= 15 is 0 Å². The highest BCUT2D eigenvalue weighted by molar-refractivity contribution is 7.15. The number of hydrogen-bond donors (Lipinski definition) is 1. The molecule has 0 amide bonds. The second-order valence-corrected chi connectivity index (χ2v) is 11.0.